The average molecular weight is 331 g/mol. The summed E-state index contributed by atoms with van der Waals surface area (Å²) >= 11 is 18.1. The number of rotatable bonds is 2. The van der Waals surface area contributed by atoms with Crippen molar-refractivity contribution in [3.63, 3.8) is 0 Å². The molecule has 1 unspecified atom stereocenters. The fourth-order valence-electron chi connectivity index (χ4n) is 2.56. The van der Waals surface area contributed by atoms with Gasteiger partial charge in [0.15, 0.2) is 0 Å². The van der Waals surface area contributed by atoms with Crippen LogP contribution in [0, 0.1) is 5.82 Å². The van der Waals surface area contributed by atoms with E-state index in [2.05, 4.69) is 5.32 Å². The Morgan fingerprint density at radius 3 is 2.55 bits per heavy atom. The molecule has 1 aliphatic carbocycles. The third kappa shape index (κ3) is 2.60. The van der Waals surface area contributed by atoms with Crippen molar-refractivity contribution in [3.8, 4) is 0 Å². The van der Waals surface area contributed by atoms with Gasteiger partial charge < -0.3 is 5.32 Å². The van der Waals surface area contributed by atoms with Gasteiger partial charge in [0.2, 0.25) is 0 Å². The predicted molar refractivity (Wildman–Crippen MR) is 82.6 cm³/mol. The quantitative estimate of drug-likeness (QED) is 0.677. The zero-order valence-electron chi connectivity index (χ0n) is 10.4. The maximum absolute atomic E-state index is 13.2. The molecule has 0 fully saturated rings. The second-order valence-electron chi connectivity index (χ2n) is 4.82. The Kier molecular flexibility index (Phi) is 3.80. The van der Waals surface area contributed by atoms with Crippen LogP contribution in [0.4, 0.5) is 10.1 Å². The van der Waals surface area contributed by atoms with E-state index in [4.69, 9.17) is 34.8 Å². The van der Waals surface area contributed by atoms with Crippen molar-refractivity contribution < 1.29 is 4.39 Å². The summed E-state index contributed by atoms with van der Waals surface area (Å²) in [5.74, 6) is -0.197. The molecule has 0 bridgehead atoms. The monoisotopic (exact) mass is 329 g/mol. The second-order valence-corrected chi connectivity index (χ2v) is 6.05. The Morgan fingerprint density at radius 1 is 1.00 bits per heavy atom. The molecule has 0 aliphatic heterocycles. The van der Waals surface area contributed by atoms with E-state index in [1.54, 1.807) is 18.2 Å². The van der Waals surface area contributed by atoms with Gasteiger partial charge >= 0.3 is 0 Å². The second kappa shape index (κ2) is 5.44. The summed E-state index contributed by atoms with van der Waals surface area (Å²) in [6.07, 6.45) is 1.75. The number of aryl methyl sites for hydroxylation is 1. The molecule has 1 nitrogen and oxygen atoms in total. The van der Waals surface area contributed by atoms with Crippen LogP contribution in [0.25, 0.3) is 0 Å². The first-order valence-electron chi connectivity index (χ1n) is 6.24. The van der Waals surface area contributed by atoms with Gasteiger partial charge in [-0.2, -0.15) is 0 Å². The Labute approximate surface area is 131 Å². The number of halogens is 4. The van der Waals surface area contributed by atoms with Crippen LogP contribution in [0.2, 0.25) is 15.1 Å². The van der Waals surface area contributed by atoms with Gasteiger partial charge in [0.25, 0.3) is 0 Å². The van der Waals surface area contributed by atoms with Crippen LogP contribution in [0.5, 0.6) is 0 Å². The van der Waals surface area contributed by atoms with Gasteiger partial charge in [0, 0.05) is 0 Å². The minimum atomic E-state index is -0.197. The largest absolute Gasteiger partial charge is 0.377 e. The average Bonchev–Trinajstić information content (AvgIpc) is 2.78. The molecule has 2 aromatic carbocycles. The minimum absolute atomic E-state index is 0.111. The first kappa shape index (κ1) is 14.0. The van der Waals surface area contributed by atoms with Gasteiger partial charge in [-0.3, -0.25) is 0 Å². The fourth-order valence-corrected chi connectivity index (χ4v) is 3.16. The number of fused-ring (bicyclic) bond motifs is 1. The normalized spacial score (nSPS) is 17.1. The Hall–Kier alpha value is -0.960. The first-order valence-corrected chi connectivity index (χ1v) is 7.37. The maximum atomic E-state index is 13.2. The maximum Gasteiger partial charge on any atom is 0.123 e. The molecular formula is C15H11Cl3FN. The van der Waals surface area contributed by atoms with E-state index in [0.717, 1.165) is 29.7 Å². The molecule has 0 spiro atoms. The third-order valence-corrected chi connectivity index (χ3v) is 4.56. The van der Waals surface area contributed by atoms with Gasteiger partial charge in [-0.05, 0) is 48.2 Å². The number of hydrogen-bond acceptors (Lipinski definition) is 1. The summed E-state index contributed by atoms with van der Waals surface area (Å²) in [5.41, 5.74) is 2.88. The molecule has 3 rings (SSSR count). The molecule has 20 heavy (non-hydrogen) atoms. The highest BCUT2D eigenvalue weighted by Gasteiger charge is 2.23. The molecule has 0 radical (unpaired) electrons. The van der Waals surface area contributed by atoms with Crippen LogP contribution >= 0.6 is 34.8 Å². The van der Waals surface area contributed by atoms with Crippen molar-refractivity contribution in [2.24, 2.45) is 0 Å². The van der Waals surface area contributed by atoms with E-state index < -0.39 is 0 Å². The van der Waals surface area contributed by atoms with Crippen molar-refractivity contribution >= 4 is 40.5 Å². The van der Waals surface area contributed by atoms with Gasteiger partial charge in [-0.1, -0.05) is 40.9 Å². The van der Waals surface area contributed by atoms with Gasteiger partial charge in [0.1, 0.15) is 5.82 Å². The Morgan fingerprint density at radius 2 is 1.75 bits per heavy atom. The molecule has 1 aliphatic rings. The number of anilines is 1. The highest BCUT2D eigenvalue weighted by Crippen LogP contribution is 2.38. The summed E-state index contributed by atoms with van der Waals surface area (Å²) in [6.45, 7) is 0. The van der Waals surface area contributed by atoms with E-state index in [9.17, 15) is 4.39 Å². The van der Waals surface area contributed by atoms with Crippen LogP contribution in [0.1, 0.15) is 23.6 Å². The highest BCUT2D eigenvalue weighted by atomic mass is 35.5. The molecule has 0 saturated carbocycles. The van der Waals surface area contributed by atoms with Gasteiger partial charge in [-0.15, -0.1) is 0 Å². The molecule has 1 atom stereocenters. The predicted octanol–water partition coefficient (Wildman–Crippen LogP) is 5.89. The lowest BCUT2D eigenvalue weighted by Gasteiger charge is -2.17. The summed E-state index contributed by atoms with van der Waals surface area (Å²) in [4.78, 5) is 0. The van der Waals surface area contributed by atoms with Crippen molar-refractivity contribution in [1.29, 1.82) is 0 Å². The van der Waals surface area contributed by atoms with Crippen LogP contribution in [0.3, 0.4) is 0 Å². The van der Waals surface area contributed by atoms with Crippen LogP contribution < -0.4 is 5.32 Å². The fraction of sp³-hybridized carbons (Fsp3) is 0.200. The van der Waals surface area contributed by atoms with Crippen molar-refractivity contribution in [2.75, 3.05) is 5.32 Å². The van der Waals surface area contributed by atoms with E-state index in [0.29, 0.717) is 15.1 Å². The van der Waals surface area contributed by atoms with Crippen molar-refractivity contribution in [3.05, 3.63) is 62.3 Å². The minimum Gasteiger partial charge on any atom is -0.377 e. The highest BCUT2D eigenvalue weighted by molar-refractivity contribution is 6.44. The zero-order valence-corrected chi connectivity index (χ0v) is 12.7. The molecule has 5 heteroatoms. The lowest BCUT2D eigenvalue weighted by Crippen LogP contribution is -2.07. The summed E-state index contributed by atoms with van der Waals surface area (Å²) in [5, 5.41) is 4.76. The van der Waals surface area contributed by atoms with E-state index in [1.165, 1.54) is 6.07 Å². The molecular weight excluding hydrogens is 320 g/mol. The van der Waals surface area contributed by atoms with E-state index in [-0.39, 0.29) is 11.9 Å². The number of hydrogen-bond donors (Lipinski definition) is 1. The first-order chi connectivity index (χ1) is 9.54. The standard InChI is InChI=1S/C15H11Cl3FN/c16-11-6-13(18)15(7-12(11)17)20-14-4-1-8-5-9(19)2-3-10(8)14/h2-3,5-7,14,20H,1,4H2. The van der Waals surface area contributed by atoms with E-state index >= 15 is 0 Å². The summed E-state index contributed by atoms with van der Waals surface area (Å²) < 4.78 is 13.2. The molecule has 0 aromatic heterocycles. The molecule has 2 aromatic rings. The topological polar surface area (TPSA) is 12.0 Å². The zero-order chi connectivity index (χ0) is 14.3. The van der Waals surface area contributed by atoms with Gasteiger partial charge in [0.05, 0.1) is 26.8 Å². The van der Waals surface area contributed by atoms with Crippen LogP contribution in [0.15, 0.2) is 30.3 Å². The summed E-state index contributed by atoms with van der Waals surface area (Å²) in [7, 11) is 0. The van der Waals surface area contributed by atoms with Crippen LogP contribution in [-0.2, 0) is 6.42 Å². The van der Waals surface area contributed by atoms with E-state index in [1.807, 2.05) is 6.07 Å². The number of benzene rings is 2. The molecule has 0 amide bonds. The Balaban J connectivity index is 1.89. The summed E-state index contributed by atoms with van der Waals surface area (Å²) in [6, 6.07) is 8.34. The van der Waals surface area contributed by atoms with Crippen molar-refractivity contribution in [2.45, 2.75) is 18.9 Å². The number of nitrogens with one attached hydrogen (secondary N) is 1. The van der Waals surface area contributed by atoms with Crippen molar-refractivity contribution in [1.82, 2.24) is 0 Å². The van der Waals surface area contributed by atoms with Gasteiger partial charge in [-0.25, -0.2) is 4.39 Å². The smallest absolute Gasteiger partial charge is 0.123 e. The van der Waals surface area contributed by atoms with Crippen LogP contribution in [-0.4, -0.2) is 0 Å². The Bertz CT molecular complexity index is 672. The molecule has 1 N–H and O–H groups in total. The third-order valence-electron chi connectivity index (χ3n) is 3.52. The lowest BCUT2D eigenvalue weighted by molar-refractivity contribution is 0.626. The SMILES string of the molecule is Fc1ccc2c(c1)CCC2Nc1cc(Cl)c(Cl)cc1Cl. The lowest BCUT2D eigenvalue weighted by atomic mass is 10.1. The molecule has 0 saturated heterocycles. The molecule has 104 valence electrons. The molecule has 0 heterocycles.